The largest absolute Gasteiger partial charge is 0.496 e. The first-order valence-electron chi connectivity index (χ1n) is 8.77. The van der Waals surface area contributed by atoms with Crippen molar-refractivity contribution in [3.8, 4) is 5.75 Å². The van der Waals surface area contributed by atoms with Gasteiger partial charge in [0.15, 0.2) is 0 Å². The van der Waals surface area contributed by atoms with Gasteiger partial charge in [-0.05, 0) is 31.0 Å². The summed E-state index contributed by atoms with van der Waals surface area (Å²) in [4.78, 5) is 14.7. The fraction of sp³-hybridized carbons (Fsp3) is 0.350. The number of hydrogen-bond acceptors (Lipinski definition) is 3. The van der Waals surface area contributed by atoms with Gasteiger partial charge in [0.25, 0.3) is 5.91 Å². The van der Waals surface area contributed by atoms with E-state index in [1.54, 1.807) is 7.11 Å². The monoisotopic (exact) mass is 410 g/mol. The normalized spacial score (nSPS) is 15.6. The average molecular weight is 411 g/mol. The second-order valence-electron chi connectivity index (χ2n) is 6.58. The van der Waals surface area contributed by atoms with Gasteiger partial charge in [-0.3, -0.25) is 9.69 Å². The number of benzene rings is 2. The lowest BCUT2D eigenvalue weighted by atomic mass is 10.0. The number of amides is 1. The number of likely N-dealkylation sites (tertiary alicyclic amines) is 1. The van der Waals surface area contributed by atoms with E-state index in [0.717, 1.165) is 49.9 Å². The third-order valence-electron chi connectivity index (χ3n) is 4.76. The smallest absolute Gasteiger partial charge is 0.253 e. The standard InChI is InChI=1S/C20H21Cl2FN2O2/c1-27-19-5-3-2-4-13(19)12-25-8-6-14(7-9-25)24-20(26)15-10-18(23)17(22)11-16(15)21/h2-5,10-11,14H,6-9,12H2,1H3,(H,24,26). The Hall–Kier alpha value is -1.82. The molecule has 0 radical (unpaired) electrons. The molecule has 1 aliphatic rings. The molecule has 2 aromatic rings. The molecule has 1 fully saturated rings. The number of methoxy groups -OCH3 is 1. The Kier molecular flexibility index (Phi) is 6.58. The van der Waals surface area contributed by atoms with Crippen molar-refractivity contribution in [2.24, 2.45) is 0 Å². The Morgan fingerprint density at radius 2 is 1.93 bits per heavy atom. The molecule has 0 spiro atoms. The predicted octanol–water partition coefficient (Wildman–Crippen LogP) is 4.54. The molecule has 3 rings (SSSR count). The zero-order chi connectivity index (χ0) is 19.4. The van der Waals surface area contributed by atoms with E-state index in [9.17, 15) is 9.18 Å². The van der Waals surface area contributed by atoms with Crippen LogP contribution in [-0.4, -0.2) is 37.0 Å². The van der Waals surface area contributed by atoms with E-state index in [1.807, 2.05) is 18.2 Å². The lowest BCUT2D eigenvalue weighted by Crippen LogP contribution is -2.44. The SMILES string of the molecule is COc1ccccc1CN1CCC(NC(=O)c2cc(F)c(Cl)cc2Cl)CC1. The van der Waals surface area contributed by atoms with Gasteiger partial charge >= 0.3 is 0 Å². The molecule has 0 atom stereocenters. The van der Waals surface area contributed by atoms with Gasteiger partial charge in [0.2, 0.25) is 0 Å². The van der Waals surface area contributed by atoms with Crippen LogP contribution in [0.5, 0.6) is 5.75 Å². The molecule has 0 bridgehead atoms. The first-order chi connectivity index (χ1) is 13.0. The van der Waals surface area contributed by atoms with E-state index in [-0.39, 0.29) is 27.6 Å². The van der Waals surface area contributed by atoms with Crippen LogP contribution in [0.3, 0.4) is 0 Å². The number of para-hydroxylation sites is 1. The summed E-state index contributed by atoms with van der Waals surface area (Å²) in [5, 5.41) is 2.99. The van der Waals surface area contributed by atoms with E-state index >= 15 is 0 Å². The number of halogens is 3. The Balaban J connectivity index is 1.55. The molecule has 0 aromatic heterocycles. The van der Waals surface area contributed by atoms with Crippen LogP contribution in [0.15, 0.2) is 36.4 Å². The molecule has 0 unspecified atom stereocenters. The van der Waals surface area contributed by atoms with Crippen LogP contribution in [0.1, 0.15) is 28.8 Å². The van der Waals surface area contributed by atoms with Crippen molar-refractivity contribution in [1.82, 2.24) is 10.2 Å². The molecule has 1 aliphatic heterocycles. The van der Waals surface area contributed by atoms with Gasteiger partial charge in [0.1, 0.15) is 11.6 Å². The lowest BCUT2D eigenvalue weighted by molar-refractivity contribution is 0.0908. The molecule has 7 heteroatoms. The maximum Gasteiger partial charge on any atom is 0.253 e. The summed E-state index contributed by atoms with van der Waals surface area (Å²) in [5.74, 6) is -0.149. The predicted molar refractivity (Wildman–Crippen MR) is 105 cm³/mol. The minimum Gasteiger partial charge on any atom is -0.496 e. The third-order valence-corrected chi connectivity index (χ3v) is 5.37. The topological polar surface area (TPSA) is 41.6 Å². The van der Waals surface area contributed by atoms with Crippen molar-refractivity contribution >= 4 is 29.1 Å². The van der Waals surface area contributed by atoms with E-state index < -0.39 is 5.82 Å². The number of carbonyl (C=O) groups excluding carboxylic acids is 1. The summed E-state index contributed by atoms with van der Waals surface area (Å²) in [6, 6.07) is 10.3. The number of carbonyl (C=O) groups is 1. The maximum atomic E-state index is 13.6. The summed E-state index contributed by atoms with van der Waals surface area (Å²) in [7, 11) is 1.67. The van der Waals surface area contributed by atoms with E-state index in [2.05, 4.69) is 16.3 Å². The van der Waals surface area contributed by atoms with Crippen LogP contribution >= 0.6 is 23.2 Å². The number of nitrogens with one attached hydrogen (secondary N) is 1. The van der Waals surface area contributed by atoms with Crippen molar-refractivity contribution in [1.29, 1.82) is 0 Å². The zero-order valence-corrected chi connectivity index (χ0v) is 16.5. The van der Waals surface area contributed by atoms with Crippen LogP contribution in [-0.2, 0) is 6.54 Å². The number of hydrogen-bond donors (Lipinski definition) is 1. The van der Waals surface area contributed by atoms with Crippen molar-refractivity contribution in [3.63, 3.8) is 0 Å². The van der Waals surface area contributed by atoms with Gasteiger partial charge in [0, 0.05) is 31.2 Å². The fourth-order valence-electron chi connectivity index (χ4n) is 3.27. The number of piperidine rings is 1. The summed E-state index contributed by atoms with van der Waals surface area (Å²) >= 11 is 11.7. The minimum absolute atomic E-state index is 0.0289. The van der Waals surface area contributed by atoms with Crippen LogP contribution < -0.4 is 10.1 Å². The van der Waals surface area contributed by atoms with Crippen molar-refractivity contribution < 1.29 is 13.9 Å². The van der Waals surface area contributed by atoms with Gasteiger partial charge in [-0.25, -0.2) is 4.39 Å². The molecular formula is C20H21Cl2FN2O2. The Bertz CT molecular complexity index is 824. The van der Waals surface area contributed by atoms with E-state index in [4.69, 9.17) is 27.9 Å². The van der Waals surface area contributed by atoms with Crippen LogP contribution in [0, 0.1) is 5.82 Å². The van der Waals surface area contributed by atoms with Gasteiger partial charge in [-0.1, -0.05) is 41.4 Å². The summed E-state index contributed by atoms with van der Waals surface area (Å²) < 4.78 is 19.0. The first kappa shape index (κ1) is 19.9. The average Bonchev–Trinajstić information content (AvgIpc) is 2.66. The van der Waals surface area contributed by atoms with E-state index in [1.165, 1.54) is 6.07 Å². The summed E-state index contributed by atoms with van der Waals surface area (Å²) in [6.45, 7) is 2.51. The summed E-state index contributed by atoms with van der Waals surface area (Å²) in [6.07, 6.45) is 1.63. The maximum absolute atomic E-state index is 13.6. The third kappa shape index (κ3) is 4.92. The van der Waals surface area contributed by atoms with Gasteiger partial charge in [0.05, 0.1) is 22.7 Å². The molecule has 27 heavy (non-hydrogen) atoms. The Labute approximate surface area is 168 Å². The highest BCUT2D eigenvalue weighted by molar-refractivity contribution is 6.36. The second kappa shape index (κ2) is 8.91. The zero-order valence-electron chi connectivity index (χ0n) is 15.0. The molecule has 0 saturated carbocycles. The highest BCUT2D eigenvalue weighted by atomic mass is 35.5. The highest BCUT2D eigenvalue weighted by Gasteiger charge is 2.23. The molecule has 2 aromatic carbocycles. The van der Waals surface area contributed by atoms with Crippen LogP contribution in [0.4, 0.5) is 4.39 Å². The van der Waals surface area contributed by atoms with Crippen LogP contribution in [0.25, 0.3) is 0 Å². The lowest BCUT2D eigenvalue weighted by Gasteiger charge is -2.32. The molecule has 144 valence electrons. The highest BCUT2D eigenvalue weighted by Crippen LogP contribution is 2.25. The Morgan fingerprint density at radius 1 is 1.22 bits per heavy atom. The molecule has 4 nitrogen and oxygen atoms in total. The second-order valence-corrected chi connectivity index (χ2v) is 7.40. The van der Waals surface area contributed by atoms with Gasteiger partial charge in [-0.15, -0.1) is 0 Å². The molecule has 1 saturated heterocycles. The molecule has 1 heterocycles. The van der Waals surface area contributed by atoms with Crippen molar-refractivity contribution in [2.45, 2.75) is 25.4 Å². The fourth-order valence-corrected chi connectivity index (χ4v) is 3.74. The number of rotatable bonds is 5. The Morgan fingerprint density at radius 3 is 2.63 bits per heavy atom. The van der Waals surface area contributed by atoms with Crippen LogP contribution in [0.2, 0.25) is 10.0 Å². The molecular weight excluding hydrogens is 390 g/mol. The molecule has 0 aliphatic carbocycles. The van der Waals surface area contributed by atoms with Gasteiger partial charge in [-0.2, -0.15) is 0 Å². The quantitative estimate of drug-likeness (QED) is 0.735. The van der Waals surface area contributed by atoms with Crippen molar-refractivity contribution in [2.75, 3.05) is 20.2 Å². The molecule has 1 N–H and O–H groups in total. The molecule has 1 amide bonds. The van der Waals surface area contributed by atoms with E-state index in [0.29, 0.717) is 0 Å². The summed E-state index contributed by atoms with van der Waals surface area (Å²) in [5.41, 5.74) is 1.25. The minimum atomic E-state index is -0.655. The first-order valence-corrected chi connectivity index (χ1v) is 9.53. The number of nitrogens with zero attached hydrogens (tertiary/aromatic N) is 1. The number of ether oxygens (including phenoxy) is 1. The van der Waals surface area contributed by atoms with Crippen molar-refractivity contribution in [3.05, 3.63) is 63.4 Å². The van der Waals surface area contributed by atoms with Gasteiger partial charge < -0.3 is 10.1 Å².